The maximum atomic E-state index is 12.8. The maximum Gasteiger partial charge on any atom is 0.228 e. The number of aryl methyl sites for hydroxylation is 1. The van der Waals surface area contributed by atoms with Gasteiger partial charge in [0.05, 0.1) is 32.0 Å². The second-order valence-corrected chi connectivity index (χ2v) is 6.66. The third-order valence-electron chi connectivity index (χ3n) is 4.71. The molecule has 0 N–H and O–H groups in total. The molecule has 144 valence electrons. The Labute approximate surface area is 158 Å². The van der Waals surface area contributed by atoms with Crippen LogP contribution in [-0.2, 0) is 23.2 Å². The van der Waals surface area contributed by atoms with Crippen molar-refractivity contribution in [1.82, 2.24) is 14.7 Å². The van der Waals surface area contributed by atoms with E-state index in [9.17, 15) is 9.59 Å². The Balaban J connectivity index is 1.72. The molecule has 1 aliphatic heterocycles. The molecule has 1 aromatic carbocycles. The van der Waals surface area contributed by atoms with E-state index in [4.69, 9.17) is 9.47 Å². The van der Waals surface area contributed by atoms with Crippen LogP contribution in [0, 0.1) is 5.92 Å². The Bertz CT molecular complexity index is 848. The lowest BCUT2D eigenvalue weighted by molar-refractivity contribution is -0.135. The highest BCUT2D eigenvalue weighted by atomic mass is 16.5. The molecule has 0 radical (unpaired) electrons. The number of hydrogen-bond acceptors (Lipinski definition) is 5. The number of carbonyl (C=O) groups is 2. The van der Waals surface area contributed by atoms with Gasteiger partial charge in [-0.25, -0.2) is 0 Å². The molecule has 1 saturated heterocycles. The minimum absolute atomic E-state index is 0.0535. The number of rotatable bonds is 6. The van der Waals surface area contributed by atoms with Crippen molar-refractivity contribution in [1.29, 1.82) is 0 Å². The van der Waals surface area contributed by atoms with Gasteiger partial charge in [0.2, 0.25) is 11.8 Å². The summed E-state index contributed by atoms with van der Waals surface area (Å²) < 4.78 is 12.3. The lowest BCUT2D eigenvalue weighted by atomic mass is 10.1. The first-order chi connectivity index (χ1) is 12.9. The predicted molar refractivity (Wildman–Crippen MR) is 99.7 cm³/mol. The third-order valence-corrected chi connectivity index (χ3v) is 4.71. The summed E-state index contributed by atoms with van der Waals surface area (Å²) in [6, 6.07) is 5.28. The van der Waals surface area contributed by atoms with E-state index in [0.29, 0.717) is 30.3 Å². The fourth-order valence-corrected chi connectivity index (χ4v) is 3.33. The Morgan fingerprint density at radius 3 is 2.74 bits per heavy atom. The molecule has 0 aliphatic carbocycles. The summed E-state index contributed by atoms with van der Waals surface area (Å²) in [7, 11) is 6.70. The van der Waals surface area contributed by atoms with Crippen molar-refractivity contribution in [3.05, 3.63) is 36.2 Å². The zero-order valence-electron chi connectivity index (χ0n) is 16.0. The molecule has 2 heterocycles. The molecule has 0 bridgehead atoms. The van der Waals surface area contributed by atoms with E-state index in [0.717, 1.165) is 5.56 Å². The summed E-state index contributed by atoms with van der Waals surface area (Å²) in [6.45, 7) is 0.793. The van der Waals surface area contributed by atoms with Crippen LogP contribution in [0.5, 0.6) is 11.5 Å². The number of ether oxygens (including phenoxy) is 2. The van der Waals surface area contributed by atoms with Crippen molar-refractivity contribution >= 4 is 17.5 Å². The lowest BCUT2D eigenvalue weighted by Gasteiger charge is -2.22. The van der Waals surface area contributed by atoms with Gasteiger partial charge in [-0.05, 0) is 12.1 Å². The Hall–Kier alpha value is -3.03. The molecule has 1 atom stereocenters. The highest BCUT2D eigenvalue weighted by Crippen LogP contribution is 2.36. The molecule has 1 unspecified atom stereocenters. The van der Waals surface area contributed by atoms with Crippen molar-refractivity contribution in [2.24, 2.45) is 13.0 Å². The number of hydrogen-bond donors (Lipinski definition) is 0. The second kappa shape index (κ2) is 7.69. The van der Waals surface area contributed by atoms with Crippen LogP contribution in [0.1, 0.15) is 12.0 Å². The molecule has 1 aliphatic rings. The van der Waals surface area contributed by atoms with Gasteiger partial charge in [-0.3, -0.25) is 14.3 Å². The minimum Gasteiger partial charge on any atom is -0.497 e. The zero-order chi connectivity index (χ0) is 19.6. The summed E-state index contributed by atoms with van der Waals surface area (Å²) in [4.78, 5) is 28.6. The van der Waals surface area contributed by atoms with E-state index in [2.05, 4.69) is 5.10 Å². The van der Waals surface area contributed by atoms with E-state index < -0.39 is 0 Å². The molecule has 8 heteroatoms. The van der Waals surface area contributed by atoms with Crippen molar-refractivity contribution in [3.63, 3.8) is 0 Å². The summed E-state index contributed by atoms with van der Waals surface area (Å²) in [5, 5.41) is 4.12. The standard InChI is InChI=1S/C19H24N4O4/c1-21(10-13-9-20-22(2)11-13)19(25)14-7-18(24)23(12-14)16-6-5-15(26-3)8-17(16)27-4/h5-6,8-9,11,14H,7,10,12H2,1-4H3. The van der Waals surface area contributed by atoms with Crippen molar-refractivity contribution in [2.45, 2.75) is 13.0 Å². The van der Waals surface area contributed by atoms with Gasteiger partial charge in [0, 0.05) is 51.4 Å². The SMILES string of the molecule is COc1ccc(N2CC(C(=O)N(C)Cc3cnn(C)c3)CC2=O)c(OC)c1. The van der Waals surface area contributed by atoms with Gasteiger partial charge in [-0.2, -0.15) is 5.10 Å². The first-order valence-corrected chi connectivity index (χ1v) is 8.67. The quantitative estimate of drug-likeness (QED) is 0.767. The number of anilines is 1. The first-order valence-electron chi connectivity index (χ1n) is 8.67. The van der Waals surface area contributed by atoms with Gasteiger partial charge in [0.25, 0.3) is 0 Å². The van der Waals surface area contributed by atoms with Crippen LogP contribution in [0.15, 0.2) is 30.6 Å². The third kappa shape index (κ3) is 3.89. The summed E-state index contributed by atoms with van der Waals surface area (Å²) in [5.74, 6) is 0.658. The number of benzene rings is 1. The van der Waals surface area contributed by atoms with Gasteiger partial charge in [0.15, 0.2) is 0 Å². The van der Waals surface area contributed by atoms with Gasteiger partial charge in [-0.1, -0.05) is 0 Å². The number of aromatic nitrogens is 2. The molecule has 0 saturated carbocycles. The average Bonchev–Trinajstić information content (AvgIpc) is 3.25. The maximum absolute atomic E-state index is 12.8. The van der Waals surface area contributed by atoms with E-state index in [1.165, 1.54) is 0 Å². The monoisotopic (exact) mass is 372 g/mol. The minimum atomic E-state index is -0.383. The Morgan fingerprint density at radius 2 is 2.11 bits per heavy atom. The van der Waals surface area contributed by atoms with Gasteiger partial charge in [0.1, 0.15) is 11.5 Å². The topological polar surface area (TPSA) is 76.9 Å². The Morgan fingerprint density at radius 1 is 1.33 bits per heavy atom. The van der Waals surface area contributed by atoms with Crippen LogP contribution in [0.2, 0.25) is 0 Å². The number of methoxy groups -OCH3 is 2. The number of nitrogens with zero attached hydrogens (tertiary/aromatic N) is 4. The molecular formula is C19H24N4O4. The highest BCUT2D eigenvalue weighted by Gasteiger charge is 2.37. The van der Waals surface area contributed by atoms with E-state index >= 15 is 0 Å². The molecule has 8 nitrogen and oxygen atoms in total. The molecule has 1 aromatic heterocycles. The van der Waals surface area contributed by atoms with Crippen molar-refractivity contribution < 1.29 is 19.1 Å². The van der Waals surface area contributed by atoms with Crippen LogP contribution in [0.25, 0.3) is 0 Å². The average molecular weight is 372 g/mol. The first kappa shape index (κ1) is 18.8. The van der Waals surface area contributed by atoms with Crippen molar-refractivity contribution in [3.8, 4) is 11.5 Å². The fraction of sp³-hybridized carbons (Fsp3) is 0.421. The van der Waals surface area contributed by atoms with Gasteiger partial charge < -0.3 is 19.3 Å². The van der Waals surface area contributed by atoms with E-state index in [1.807, 2.05) is 13.2 Å². The summed E-state index contributed by atoms with van der Waals surface area (Å²) >= 11 is 0. The summed E-state index contributed by atoms with van der Waals surface area (Å²) in [5.41, 5.74) is 1.60. The lowest BCUT2D eigenvalue weighted by Crippen LogP contribution is -2.34. The van der Waals surface area contributed by atoms with Gasteiger partial charge >= 0.3 is 0 Å². The molecule has 27 heavy (non-hydrogen) atoms. The van der Waals surface area contributed by atoms with E-state index in [1.54, 1.807) is 60.1 Å². The van der Waals surface area contributed by atoms with E-state index in [-0.39, 0.29) is 24.2 Å². The Kier molecular flexibility index (Phi) is 5.34. The predicted octanol–water partition coefficient (Wildman–Crippen LogP) is 1.45. The molecular weight excluding hydrogens is 348 g/mol. The normalized spacial score (nSPS) is 16.5. The van der Waals surface area contributed by atoms with Crippen LogP contribution < -0.4 is 14.4 Å². The summed E-state index contributed by atoms with van der Waals surface area (Å²) in [6.07, 6.45) is 3.79. The highest BCUT2D eigenvalue weighted by molar-refractivity contribution is 6.01. The van der Waals surface area contributed by atoms with Crippen LogP contribution in [0.4, 0.5) is 5.69 Å². The van der Waals surface area contributed by atoms with Crippen LogP contribution in [0.3, 0.4) is 0 Å². The zero-order valence-corrected chi connectivity index (χ0v) is 16.0. The molecule has 2 amide bonds. The van der Waals surface area contributed by atoms with Gasteiger partial charge in [-0.15, -0.1) is 0 Å². The number of carbonyl (C=O) groups excluding carboxylic acids is 2. The van der Waals surface area contributed by atoms with Crippen LogP contribution in [-0.4, -0.2) is 54.3 Å². The molecule has 1 fully saturated rings. The second-order valence-electron chi connectivity index (χ2n) is 6.66. The smallest absolute Gasteiger partial charge is 0.228 e. The largest absolute Gasteiger partial charge is 0.497 e. The molecule has 3 rings (SSSR count). The molecule has 2 aromatic rings. The number of amides is 2. The van der Waals surface area contributed by atoms with Crippen molar-refractivity contribution in [2.75, 3.05) is 32.7 Å². The van der Waals surface area contributed by atoms with Crippen LogP contribution >= 0.6 is 0 Å². The fourth-order valence-electron chi connectivity index (χ4n) is 3.33. The molecule has 0 spiro atoms.